The fourth-order valence-corrected chi connectivity index (χ4v) is 5.42. The average molecular weight is 550 g/mol. The molecule has 0 amide bonds. The number of aliphatic hydroxyl groups is 2. The zero-order chi connectivity index (χ0) is 27.0. The molecule has 0 bridgehead atoms. The van der Waals surface area contributed by atoms with Crippen LogP contribution in [0.2, 0.25) is 0 Å². The van der Waals surface area contributed by atoms with Crippen molar-refractivity contribution in [3.05, 3.63) is 51.6 Å². The molecule has 12 heteroatoms. The third-order valence-electron chi connectivity index (χ3n) is 7.59. The molecule has 0 radical (unpaired) electrons. The van der Waals surface area contributed by atoms with Gasteiger partial charge in [-0.3, -0.25) is 14.4 Å². The molecule has 38 heavy (non-hydrogen) atoms. The third-order valence-corrected chi connectivity index (χ3v) is 7.59. The molecule has 1 fully saturated rings. The first kappa shape index (κ1) is 28.0. The molecule has 6 unspecified atom stereocenters. The highest BCUT2D eigenvalue weighted by Gasteiger charge is 2.50. The molecular formula is C26H28ClNO10. The largest absolute Gasteiger partial charge is 0.507 e. The van der Waals surface area contributed by atoms with Crippen LogP contribution < -0.4 is 10.5 Å². The Bertz CT molecular complexity index is 1360. The SMILES string of the molecule is COc1cccc2c1C(=O)c1c(O)c3c(c(O)c1C2=O)CC(O)(C(C)=O)CC3OC1OC(C)C(N)C1O.Cl. The van der Waals surface area contributed by atoms with E-state index < -0.39 is 82.6 Å². The molecule has 0 saturated carbocycles. The van der Waals surface area contributed by atoms with Gasteiger partial charge in [-0.1, -0.05) is 12.1 Å². The Labute approximate surface area is 223 Å². The number of nitrogens with two attached hydrogens (primary N) is 1. The van der Waals surface area contributed by atoms with Crippen LogP contribution in [0.5, 0.6) is 17.2 Å². The van der Waals surface area contributed by atoms with Gasteiger partial charge >= 0.3 is 0 Å². The number of hydrogen-bond donors (Lipinski definition) is 5. The smallest absolute Gasteiger partial charge is 0.202 e. The molecular weight excluding hydrogens is 522 g/mol. The van der Waals surface area contributed by atoms with Crippen molar-refractivity contribution in [1.29, 1.82) is 0 Å². The van der Waals surface area contributed by atoms with Crippen LogP contribution in [0, 0.1) is 0 Å². The molecule has 1 aliphatic heterocycles. The van der Waals surface area contributed by atoms with Crippen LogP contribution in [0.1, 0.15) is 69.3 Å². The van der Waals surface area contributed by atoms with Gasteiger partial charge < -0.3 is 40.4 Å². The molecule has 2 aromatic carbocycles. The molecule has 2 aliphatic carbocycles. The predicted octanol–water partition coefficient (Wildman–Crippen LogP) is 1.06. The van der Waals surface area contributed by atoms with Gasteiger partial charge in [-0.15, -0.1) is 12.4 Å². The van der Waals surface area contributed by atoms with Crippen molar-refractivity contribution < 1.29 is 49.0 Å². The lowest BCUT2D eigenvalue weighted by Crippen LogP contribution is -2.46. The second-order valence-electron chi connectivity index (χ2n) is 9.75. The highest BCUT2D eigenvalue weighted by atomic mass is 35.5. The van der Waals surface area contributed by atoms with Crippen LogP contribution in [0.15, 0.2) is 18.2 Å². The summed E-state index contributed by atoms with van der Waals surface area (Å²) in [7, 11) is 1.33. The quantitative estimate of drug-likeness (QED) is 0.293. The zero-order valence-electron chi connectivity index (χ0n) is 20.8. The molecule has 204 valence electrons. The number of ether oxygens (including phenoxy) is 3. The lowest BCUT2D eigenvalue weighted by molar-refractivity contribution is -0.203. The number of fused-ring (bicyclic) bond motifs is 3. The summed E-state index contributed by atoms with van der Waals surface area (Å²) in [6.07, 6.45) is -5.26. The summed E-state index contributed by atoms with van der Waals surface area (Å²) >= 11 is 0. The van der Waals surface area contributed by atoms with Crippen molar-refractivity contribution in [3.63, 3.8) is 0 Å². The van der Waals surface area contributed by atoms with Crippen molar-refractivity contribution in [2.45, 2.75) is 62.9 Å². The Kier molecular flexibility index (Phi) is 7.06. The minimum atomic E-state index is -2.03. The van der Waals surface area contributed by atoms with Gasteiger partial charge in [0, 0.05) is 29.5 Å². The van der Waals surface area contributed by atoms with Crippen molar-refractivity contribution >= 4 is 29.8 Å². The van der Waals surface area contributed by atoms with Crippen molar-refractivity contribution in [2.24, 2.45) is 5.73 Å². The number of Topliss-reactive ketones (excluding diaryl/α,β-unsaturated/α-hetero) is 1. The van der Waals surface area contributed by atoms with E-state index in [-0.39, 0.29) is 46.8 Å². The van der Waals surface area contributed by atoms with Crippen LogP contribution in [0.3, 0.4) is 0 Å². The molecule has 2 aromatic rings. The molecule has 6 N–H and O–H groups in total. The maximum absolute atomic E-state index is 13.6. The van der Waals surface area contributed by atoms with E-state index in [2.05, 4.69) is 0 Å². The summed E-state index contributed by atoms with van der Waals surface area (Å²) in [6, 6.07) is 3.62. The first-order chi connectivity index (χ1) is 17.4. The number of aliphatic hydroxyl groups excluding tert-OH is 1. The summed E-state index contributed by atoms with van der Waals surface area (Å²) in [5.41, 5.74) is 2.69. The Morgan fingerprint density at radius 1 is 1.13 bits per heavy atom. The molecule has 1 heterocycles. The first-order valence-corrected chi connectivity index (χ1v) is 11.8. The summed E-state index contributed by atoms with van der Waals surface area (Å²) in [4.78, 5) is 39.5. The lowest BCUT2D eigenvalue weighted by Gasteiger charge is -2.39. The fraction of sp³-hybridized carbons (Fsp3) is 0.423. The van der Waals surface area contributed by atoms with Gasteiger partial charge in [0.25, 0.3) is 0 Å². The van der Waals surface area contributed by atoms with E-state index in [1.54, 1.807) is 6.92 Å². The van der Waals surface area contributed by atoms with Gasteiger partial charge in [-0.2, -0.15) is 0 Å². The standard InChI is InChI=1S/C26H27NO10.ClH/c1-9-19(27)24(33)25(36-9)37-14-8-26(34,10(2)28)7-12-16(14)23(32)18-17(21(12)30)20(29)11-5-4-6-13(35-3)15(11)22(18)31;/h4-6,9,14,19,24-25,30,32-34H,7-8,27H2,1-3H3;1H. The summed E-state index contributed by atoms with van der Waals surface area (Å²) < 4.78 is 16.8. The number of benzene rings is 2. The maximum atomic E-state index is 13.6. The molecule has 0 aromatic heterocycles. The number of rotatable bonds is 4. The van der Waals surface area contributed by atoms with Crippen LogP contribution in [-0.2, 0) is 20.7 Å². The molecule has 0 spiro atoms. The minimum absolute atomic E-state index is 0. The predicted molar refractivity (Wildman–Crippen MR) is 133 cm³/mol. The zero-order valence-corrected chi connectivity index (χ0v) is 21.6. The van der Waals surface area contributed by atoms with Crippen molar-refractivity contribution in [2.75, 3.05) is 7.11 Å². The number of aromatic hydroxyl groups is 2. The fourth-order valence-electron chi connectivity index (χ4n) is 5.42. The number of phenolic OH excluding ortho intramolecular Hbond substituents is 2. The van der Waals surface area contributed by atoms with E-state index in [1.165, 1.54) is 25.3 Å². The highest BCUT2D eigenvalue weighted by Crippen LogP contribution is 2.52. The topological polar surface area (TPSA) is 186 Å². The number of carbonyl (C=O) groups excluding carboxylic acids is 3. The Morgan fingerprint density at radius 3 is 2.37 bits per heavy atom. The summed E-state index contributed by atoms with van der Waals surface area (Å²) in [6.45, 7) is 2.79. The lowest BCUT2D eigenvalue weighted by atomic mass is 9.72. The van der Waals surface area contributed by atoms with Crippen LogP contribution in [0.4, 0.5) is 0 Å². The van der Waals surface area contributed by atoms with Gasteiger partial charge in [0.05, 0.1) is 42.0 Å². The van der Waals surface area contributed by atoms with Gasteiger partial charge in [0.1, 0.15) is 29.0 Å². The average Bonchev–Trinajstić information content (AvgIpc) is 3.10. The van der Waals surface area contributed by atoms with Crippen LogP contribution in [-0.4, -0.2) is 75.0 Å². The van der Waals surface area contributed by atoms with E-state index >= 15 is 0 Å². The third kappa shape index (κ3) is 3.89. The second-order valence-corrected chi connectivity index (χ2v) is 9.75. The molecule has 3 aliphatic rings. The first-order valence-electron chi connectivity index (χ1n) is 11.8. The normalized spacial score (nSPS) is 29.7. The number of hydrogen-bond acceptors (Lipinski definition) is 11. The molecule has 1 saturated heterocycles. The number of methoxy groups -OCH3 is 1. The maximum Gasteiger partial charge on any atom is 0.202 e. The summed E-state index contributed by atoms with van der Waals surface area (Å²) in [5, 5.41) is 44.3. The minimum Gasteiger partial charge on any atom is -0.507 e. The van der Waals surface area contributed by atoms with Crippen molar-refractivity contribution in [3.8, 4) is 17.2 Å². The number of ketones is 3. The van der Waals surface area contributed by atoms with E-state index in [4.69, 9.17) is 19.9 Å². The van der Waals surface area contributed by atoms with Gasteiger partial charge in [0.15, 0.2) is 17.9 Å². The van der Waals surface area contributed by atoms with E-state index in [9.17, 15) is 34.8 Å². The Hall–Kier alpha value is -3.06. The van der Waals surface area contributed by atoms with Gasteiger partial charge in [-0.25, -0.2) is 0 Å². The van der Waals surface area contributed by atoms with Gasteiger partial charge in [0.2, 0.25) is 5.78 Å². The van der Waals surface area contributed by atoms with Gasteiger partial charge in [-0.05, 0) is 19.9 Å². The number of carbonyl (C=O) groups is 3. The van der Waals surface area contributed by atoms with Crippen molar-refractivity contribution in [1.82, 2.24) is 0 Å². The monoisotopic (exact) mass is 549 g/mol. The molecule has 11 nitrogen and oxygen atoms in total. The Balaban J connectivity index is 0.00000336. The number of phenols is 2. The van der Waals surface area contributed by atoms with E-state index in [1.807, 2.05) is 0 Å². The van der Waals surface area contributed by atoms with Crippen LogP contribution >= 0.6 is 12.4 Å². The Morgan fingerprint density at radius 2 is 1.79 bits per heavy atom. The second kappa shape index (κ2) is 9.60. The molecule has 6 atom stereocenters. The highest BCUT2D eigenvalue weighted by molar-refractivity contribution is 6.31. The number of halogens is 1. The van der Waals surface area contributed by atoms with E-state index in [0.29, 0.717) is 0 Å². The van der Waals surface area contributed by atoms with Crippen LogP contribution in [0.25, 0.3) is 0 Å². The van der Waals surface area contributed by atoms with E-state index in [0.717, 1.165) is 6.92 Å². The summed E-state index contributed by atoms with van der Waals surface area (Å²) in [5.74, 6) is -3.31. The molecule has 5 rings (SSSR count).